The Balaban J connectivity index is 1.80. The van der Waals surface area contributed by atoms with Gasteiger partial charge in [0.15, 0.2) is 0 Å². The lowest BCUT2D eigenvalue weighted by Gasteiger charge is -2.13. The number of rotatable bonds is 5. The fourth-order valence-electron chi connectivity index (χ4n) is 2.75. The van der Waals surface area contributed by atoms with Gasteiger partial charge in [-0.2, -0.15) is 0 Å². The van der Waals surface area contributed by atoms with Gasteiger partial charge in [0.05, 0.1) is 10.6 Å². The SMILES string of the molecule is Cc1ccc(C(=O)NCc2ccccc2-n2ccnc2C)cc1[N+](=O)[O-]. The van der Waals surface area contributed by atoms with Gasteiger partial charge in [0.2, 0.25) is 0 Å². The maximum Gasteiger partial charge on any atom is 0.273 e. The van der Waals surface area contributed by atoms with Gasteiger partial charge in [0, 0.05) is 36.1 Å². The van der Waals surface area contributed by atoms with Crippen LogP contribution in [-0.2, 0) is 6.54 Å². The van der Waals surface area contributed by atoms with E-state index in [0.29, 0.717) is 12.1 Å². The van der Waals surface area contributed by atoms with Crippen LogP contribution in [0, 0.1) is 24.0 Å². The summed E-state index contributed by atoms with van der Waals surface area (Å²) >= 11 is 0. The molecule has 0 aliphatic rings. The van der Waals surface area contributed by atoms with Crippen LogP contribution in [-0.4, -0.2) is 20.4 Å². The highest BCUT2D eigenvalue weighted by atomic mass is 16.6. The molecule has 0 saturated heterocycles. The number of aromatic nitrogens is 2. The standard InChI is InChI=1S/C19H18N4O3/c1-13-7-8-15(11-18(13)23(25)26)19(24)21-12-16-5-3-4-6-17(16)22-10-9-20-14(22)2/h3-11H,12H2,1-2H3,(H,21,24). The smallest absolute Gasteiger partial charge is 0.273 e. The molecule has 0 spiro atoms. The highest BCUT2D eigenvalue weighted by molar-refractivity contribution is 5.95. The number of benzene rings is 2. The fourth-order valence-corrected chi connectivity index (χ4v) is 2.75. The molecule has 0 saturated carbocycles. The summed E-state index contributed by atoms with van der Waals surface area (Å²) in [7, 11) is 0. The molecule has 0 fully saturated rings. The minimum absolute atomic E-state index is 0.0629. The molecule has 7 heteroatoms. The van der Waals surface area contributed by atoms with Crippen LogP contribution in [0.1, 0.15) is 27.3 Å². The van der Waals surface area contributed by atoms with Crippen LogP contribution in [0.25, 0.3) is 5.69 Å². The number of nitro groups is 1. The van der Waals surface area contributed by atoms with E-state index in [0.717, 1.165) is 17.1 Å². The second kappa shape index (κ2) is 7.18. The van der Waals surface area contributed by atoms with Gasteiger partial charge in [0.1, 0.15) is 5.82 Å². The molecule has 0 unspecified atom stereocenters. The largest absolute Gasteiger partial charge is 0.348 e. The number of carbonyl (C=O) groups excluding carboxylic acids is 1. The molecule has 2 aromatic carbocycles. The third-order valence-corrected chi connectivity index (χ3v) is 4.18. The van der Waals surface area contributed by atoms with Gasteiger partial charge >= 0.3 is 0 Å². The number of amides is 1. The van der Waals surface area contributed by atoms with E-state index in [1.807, 2.05) is 42.0 Å². The van der Waals surface area contributed by atoms with Crippen LogP contribution >= 0.6 is 0 Å². The van der Waals surface area contributed by atoms with Crippen LogP contribution in [0.4, 0.5) is 5.69 Å². The lowest BCUT2D eigenvalue weighted by molar-refractivity contribution is -0.385. The summed E-state index contributed by atoms with van der Waals surface area (Å²) in [6.45, 7) is 3.85. The van der Waals surface area contributed by atoms with Gasteiger partial charge in [-0.1, -0.05) is 24.3 Å². The first-order chi connectivity index (χ1) is 12.5. The van der Waals surface area contributed by atoms with Gasteiger partial charge < -0.3 is 9.88 Å². The summed E-state index contributed by atoms with van der Waals surface area (Å²) in [5.41, 5.74) is 2.57. The average Bonchev–Trinajstić information content (AvgIpc) is 3.06. The van der Waals surface area contributed by atoms with Crippen LogP contribution in [0.3, 0.4) is 0 Å². The first kappa shape index (κ1) is 17.3. The Labute approximate surface area is 150 Å². The molecule has 132 valence electrons. The predicted octanol–water partition coefficient (Wildman–Crippen LogP) is 3.33. The molecule has 0 aliphatic heterocycles. The van der Waals surface area contributed by atoms with Crippen molar-refractivity contribution in [2.75, 3.05) is 0 Å². The molecule has 0 bridgehead atoms. The number of nitrogens with zero attached hydrogens (tertiary/aromatic N) is 3. The number of imidazole rings is 1. The quantitative estimate of drug-likeness (QED) is 0.564. The lowest BCUT2D eigenvalue weighted by Crippen LogP contribution is -2.23. The first-order valence-corrected chi connectivity index (χ1v) is 8.09. The predicted molar refractivity (Wildman–Crippen MR) is 97.3 cm³/mol. The number of para-hydroxylation sites is 1. The maximum absolute atomic E-state index is 12.4. The highest BCUT2D eigenvalue weighted by Crippen LogP contribution is 2.20. The molecule has 1 N–H and O–H groups in total. The topological polar surface area (TPSA) is 90.1 Å². The summed E-state index contributed by atoms with van der Waals surface area (Å²) in [6.07, 6.45) is 3.58. The average molecular weight is 350 g/mol. The van der Waals surface area contributed by atoms with Crippen molar-refractivity contribution in [2.45, 2.75) is 20.4 Å². The Hall–Kier alpha value is -3.48. The van der Waals surface area contributed by atoms with Crippen molar-refractivity contribution in [3.63, 3.8) is 0 Å². The van der Waals surface area contributed by atoms with E-state index < -0.39 is 4.92 Å². The maximum atomic E-state index is 12.4. The third-order valence-electron chi connectivity index (χ3n) is 4.18. The van der Waals surface area contributed by atoms with Gasteiger partial charge in [-0.3, -0.25) is 14.9 Å². The second-order valence-corrected chi connectivity index (χ2v) is 5.91. The third kappa shape index (κ3) is 3.46. The molecular formula is C19H18N4O3. The molecule has 1 amide bonds. The summed E-state index contributed by atoms with van der Waals surface area (Å²) in [5.74, 6) is 0.489. The zero-order chi connectivity index (χ0) is 18.7. The normalized spacial score (nSPS) is 10.5. The lowest BCUT2D eigenvalue weighted by atomic mass is 10.1. The van der Waals surface area contributed by atoms with Crippen LogP contribution < -0.4 is 5.32 Å². The Morgan fingerprint density at radius 1 is 1.23 bits per heavy atom. The summed E-state index contributed by atoms with van der Waals surface area (Å²) in [4.78, 5) is 27.2. The number of hydrogen-bond donors (Lipinski definition) is 1. The van der Waals surface area contributed by atoms with Crippen molar-refractivity contribution in [1.29, 1.82) is 0 Å². The number of nitrogens with one attached hydrogen (secondary N) is 1. The van der Waals surface area contributed by atoms with Gasteiger partial charge in [-0.25, -0.2) is 4.98 Å². The summed E-state index contributed by atoms with van der Waals surface area (Å²) in [6, 6.07) is 12.2. The zero-order valence-electron chi connectivity index (χ0n) is 14.5. The minimum atomic E-state index is -0.483. The number of carbonyl (C=O) groups is 1. The monoisotopic (exact) mass is 350 g/mol. The molecule has 0 radical (unpaired) electrons. The van der Waals surface area contributed by atoms with Crippen LogP contribution in [0.15, 0.2) is 54.9 Å². The fraction of sp³-hybridized carbons (Fsp3) is 0.158. The minimum Gasteiger partial charge on any atom is -0.348 e. The number of nitro benzene ring substituents is 1. The van der Waals surface area contributed by atoms with Crippen LogP contribution in [0.5, 0.6) is 0 Å². The van der Waals surface area contributed by atoms with Crippen molar-refractivity contribution < 1.29 is 9.72 Å². The van der Waals surface area contributed by atoms with E-state index in [-0.39, 0.29) is 17.2 Å². The number of aryl methyl sites for hydroxylation is 2. The molecule has 26 heavy (non-hydrogen) atoms. The van der Waals surface area contributed by atoms with Crippen LogP contribution in [0.2, 0.25) is 0 Å². The first-order valence-electron chi connectivity index (χ1n) is 8.09. The van der Waals surface area contributed by atoms with E-state index >= 15 is 0 Å². The van der Waals surface area contributed by atoms with Crippen molar-refractivity contribution in [1.82, 2.24) is 14.9 Å². The molecule has 1 heterocycles. The van der Waals surface area contributed by atoms with Crippen molar-refractivity contribution in [2.24, 2.45) is 0 Å². The Morgan fingerprint density at radius 2 is 2.00 bits per heavy atom. The molecule has 0 aliphatic carbocycles. The zero-order valence-corrected chi connectivity index (χ0v) is 14.5. The summed E-state index contributed by atoms with van der Waals surface area (Å²) in [5, 5.41) is 13.9. The Bertz CT molecular complexity index is 978. The van der Waals surface area contributed by atoms with E-state index in [2.05, 4.69) is 10.3 Å². The summed E-state index contributed by atoms with van der Waals surface area (Å²) < 4.78 is 1.94. The van der Waals surface area contributed by atoms with E-state index in [4.69, 9.17) is 0 Å². The van der Waals surface area contributed by atoms with Gasteiger partial charge in [-0.05, 0) is 31.5 Å². The van der Waals surface area contributed by atoms with Gasteiger partial charge in [0.25, 0.3) is 11.6 Å². The van der Waals surface area contributed by atoms with E-state index in [1.54, 1.807) is 25.3 Å². The van der Waals surface area contributed by atoms with E-state index in [9.17, 15) is 14.9 Å². The Kier molecular flexibility index (Phi) is 4.79. The van der Waals surface area contributed by atoms with Gasteiger partial charge in [-0.15, -0.1) is 0 Å². The molecule has 3 rings (SSSR count). The number of hydrogen-bond acceptors (Lipinski definition) is 4. The molecule has 1 aromatic heterocycles. The molecule has 0 atom stereocenters. The molecular weight excluding hydrogens is 332 g/mol. The van der Waals surface area contributed by atoms with Crippen molar-refractivity contribution in [3.8, 4) is 5.69 Å². The van der Waals surface area contributed by atoms with Crippen molar-refractivity contribution in [3.05, 3.63) is 87.5 Å². The second-order valence-electron chi connectivity index (χ2n) is 5.91. The Morgan fingerprint density at radius 3 is 2.69 bits per heavy atom. The molecule has 3 aromatic rings. The highest BCUT2D eigenvalue weighted by Gasteiger charge is 2.15. The van der Waals surface area contributed by atoms with Crippen molar-refractivity contribution >= 4 is 11.6 Å². The van der Waals surface area contributed by atoms with E-state index in [1.165, 1.54) is 6.07 Å². The molecule has 7 nitrogen and oxygen atoms in total.